The van der Waals surface area contributed by atoms with Gasteiger partial charge in [0.25, 0.3) is 0 Å². The van der Waals surface area contributed by atoms with Crippen LogP contribution in [0.15, 0.2) is 101 Å². The fourth-order valence-electron chi connectivity index (χ4n) is 6.81. The molecule has 53 heavy (non-hydrogen) atoms. The summed E-state index contributed by atoms with van der Waals surface area (Å²) in [7, 11) is -4.07. The largest absolute Gasteiger partial charge is 0.411 e. The van der Waals surface area contributed by atoms with Crippen LogP contribution in [0.5, 0.6) is 0 Å². The number of para-hydroxylation sites is 1. The maximum Gasteiger partial charge on any atom is 0.321 e. The summed E-state index contributed by atoms with van der Waals surface area (Å²) in [6.45, 7) is 8.73. The van der Waals surface area contributed by atoms with Gasteiger partial charge in [-0.15, -0.1) is 0 Å². The first-order valence-corrected chi connectivity index (χ1v) is 19.5. The van der Waals surface area contributed by atoms with Gasteiger partial charge in [-0.2, -0.15) is 4.31 Å². The van der Waals surface area contributed by atoms with Crippen molar-refractivity contribution in [1.29, 1.82) is 0 Å². The molecule has 0 unspecified atom stereocenters. The van der Waals surface area contributed by atoms with E-state index < -0.39 is 34.1 Å². The molecule has 12 nitrogen and oxygen atoms in total. The second kappa shape index (κ2) is 17.8. The number of nitrogens with one attached hydrogen (secondary N) is 1. The molecule has 0 bridgehead atoms. The van der Waals surface area contributed by atoms with E-state index in [1.807, 2.05) is 88.4 Å². The van der Waals surface area contributed by atoms with Crippen LogP contribution < -0.4 is 5.32 Å². The lowest BCUT2D eigenvalue weighted by Gasteiger charge is -2.35. The van der Waals surface area contributed by atoms with Gasteiger partial charge in [-0.25, -0.2) is 13.2 Å². The Hall–Kier alpha value is -4.85. The van der Waals surface area contributed by atoms with Crippen molar-refractivity contribution in [2.24, 2.45) is 17.0 Å². The minimum atomic E-state index is -4.07. The van der Waals surface area contributed by atoms with Gasteiger partial charge in [0.1, 0.15) is 6.04 Å². The monoisotopic (exact) mass is 742 g/mol. The number of pyridine rings is 1. The van der Waals surface area contributed by atoms with Crippen LogP contribution in [0.2, 0.25) is 0 Å². The number of hydrogen-bond acceptors (Lipinski definition) is 8. The van der Waals surface area contributed by atoms with Crippen molar-refractivity contribution < 1.29 is 28.3 Å². The molecule has 13 heteroatoms. The molecule has 3 aromatic carbocycles. The van der Waals surface area contributed by atoms with E-state index in [1.165, 1.54) is 34.8 Å². The first kappa shape index (κ1) is 39.4. The first-order valence-electron chi connectivity index (χ1n) is 18.1. The highest BCUT2D eigenvalue weighted by Gasteiger charge is 2.41. The van der Waals surface area contributed by atoms with E-state index in [1.54, 1.807) is 16.0 Å². The van der Waals surface area contributed by atoms with Crippen LogP contribution in [0.3, 0.4) is 0 Å². The minimum Gasteiger partial charge on any atom is -0.411 e. The fraction of sp³-hybridized carbons (Fsp3) is 0.400. The van der Waals surface area contributed by atoms with Crippen molar-refractivity contribution in [1.82, 2.24) is 24.4 Å². The number of sulfonamides is 1. The van der Waals surface area contributed by atoms with Crippen LogP contribution >= 0.6 is 0 Å². The van der Waals surface area contributed by atoms with Gasteiger partial charge >= 0.3 is 6.03 Å². The summed E-state index contributed by atoms with van der Waals surface area (Å²) in [4.78, 5) is 36.2. The Kier molecular flexibility index (Phi) is 13.2. The number of carbonyl (C=O) groups excluding carboxylic acids is 2. The van der Waals surface area contributed by atoms with E-state index in [0.717, 1.165) is 22.0 Å². The zero-order valence-corrected chi connectivity index (χ0v) is 31.6. The van der Waals surface area contributed by atoms with E-state index in [0.29, 0.717) is 31.6 Å². The maximum absolute atomic E-state index is 14.4. The van der Waals surface area contributed by atoms with E-state index in [4.69, 9.17) is 5.21 Å². The van der Waals surface area contributed by atoms with Gasteiger partial charge in [-0.3, -0.25) is 9.78 Å². The van der Waals surface area contributed by atoms with Gasteiger partial charge in [0, 0.05) is 44.3 Å². The summed E-state index contributed by atoms with van der Waals surface area (Å²) in [5, 5.41) is 27.8. The smallest absolute Gasteiger partial charge is 0.321 e. The zero-order chi connectivity index (χ0) is 38.1. The van der Waals surface area contributed by atoms with Crippen molar-refractivity contribution in [2.75, 3.05) is 26.2 Å². The van der Waals surface area contributed by atoms with Gasteiger partial charge in [0.15, 0.2) is 0 Å². The van der Waals surface area contributed by atoms with Gasteiger partial charge in [-0.1, -0.05) is 99.9 Å². The lowest BCUT2D eigenvalue weighted by molar-refractivity contribution is -0.128. The summed E-state index contributed by atoms with van der Waals surface area (Å²) in [6, 6.07) is 23.1. The van der Waals surface area contributed by atoms with Gasteiger partial charge in [-0.05, 0) is 59.2 Å². The molecule has 4 aromatic rings. The average molecular weight is 743 g/mol. The summed E-state index contributed by atoms with van der Waals surface area (Å²) >= 11 is 0. The Labute approximate surface area is 312 Å². The number of fused-ring (bicyclic) bond motifs is 1. The maximum atomic E-state index is 14.4. The van der Waals surface area contributed by atoms with Crippen LogP contribution in [0.25, 0.3) is 10.9 Å². The molecule has 4 atom stereocenters. The predicted octanol–water partition coefficient (Wildman–Crippen LogP) is 5.13. The number of rotatable bonds is 17. The first-order chi connectivity index (χ1) is 25.4. The highest BCUT2D eigenvalue weighted by molar-refractivity contribution is 7.89. The van der Waals surface area contributed by atoms with Crippen LogP contribution in [0.1, 0.15) is 50.8 Å². The van der Waals surface area contributed by atoms with Crippen molar-refractivity contribution in [2.45, 2.75) is 70.2 Å². The number of oxime groups is 1. The number of amides is 3. The number of urea groups is 1. The zero-order valence-electron chi connectivity index (χ0n) is 30.7. The molecule has 5 rings (SSSR count). The Balaban J connectivity index is 1.39. The second-order valence-electron chi connectivity index (χ2n) is 14.1. The molecule has 282 valence electrons. The molecule has 1 saturated heterocycles. The molecular weight excluding hydrogens is 693 g/mol. The number of benzene rings is 3. The molecule has 1 aliphatic heterocycles. The van der Waals surface area contributed by atoms with Gasteiger partial charge in [0.05, 0.1) is 28.8 Å². The molecule has 3 N–H and O–H groups in total. The van der Waals surface area contributed by atoms with E-state index in [-0.39, 0.29) is 42.3 Å². The number of carbonyl (C=O) groups is 2. The third-order valence-corrected chi connectivity index (χ3v) is 11.6. The van der Waals surface area contributed by atoms with Crippen molar-refractivity contribution in [3.05, 3.63) is 108 Å². The topological polar surface area (TPSA) is 156 Å². The highest BCUT2D eigenvalue weighted by atomic mass is 32.2. The van der Waals surface area contributed by atoms with Crippen molar-refractivity contribution in [3.8, 4) is 0 Å². The minimum absolute atomic E-state index is 0.0257. The normalized spacial score (nSPS) is 16.1. The SMILES string of the molecule is CC[C@H](C)[C@@H](C(=O)N[C@@H](Cc1ccccc1)[C@H](O)CN(CC(C)C)S(=O)(=O)c1ccc(/C=N/O)cc1)N1CCN(Cc2ccnc3ccccc23)C1=O. The molecular formula is C40H50N6O6S. The number of aromatic nitrogens is 1. The Morgan fingerprint density at radius 3 is 2.36 bits per heavy atom. The molecule has 3 amide bonds. The lowest BCUT2D eigenvalue weighted by Crippen LogP contribution is -2.57. The Morgan fingerprint density at radius 1 is 0.981 bits per heavy atom. The summed E-state index contributed by atoms with van der Waals surface area (Å²) < 4.78 is 29.1. The molecule has 0 aliphatic carbocycles. The quantitative estimate of drug-likeness (QED) is 0.0770. The average Bonchev–Trinajstić information content (AvgIpc) is 3.50. The molecule has 1 aliphatic rings. The van der Waals surface area contributed by atoms with E-state index in [9.17, 15) is 23.1 Å². The Morgan fingerprint density at radius 2 is 1.68 bits per heavy atom. The van der Waals surface area contributed by atoms with Crippen LogP contribution in [0, 0.1) is 11.8 Å². The number of aliphatic hydroxyl groups is 1. The summed E-state index contributed by atoms with van der Waals surface area (Å²) in [5.74, 6) is -0.667. The molecule has 1 aromatic heterocycles. The third kappa shape index (κ3) is 9.58. The van der Waals surface area contributed by atoms with Crippen molar-refractivity contribution >= 4 is 39.1 Å². The number of aliphatic hydroxyl groups excluding tert-OH is 1. The number of nitrogens with zero attached hydrogens (tertiary/aromatic N) is 5. The summed E-state index contributed by atoms with van der Waals surface area (Å²) in [6.07, 6.45) is 2.51. The molecule has 0 spiro atoms. The van der Waals surface area contributed by atoms with Crippen LogP contribution in [0.4, 0.5) is 4.79 Å². The van der Waals surface area contributed by atoms with Gasteiger partial charge < -0.3 is 25.4 Å². The fourth-order valence-corrected chi connectivity index (χ4v) is 8.43. The Bertz CT molecular complexity index is 1970. The number of hydrogen-bond donors (Lipinski definition) is 3. The van der Waals surface area contributed by atoms with Crippen LogP contribution in [-0.4, -0.2) is 100 Å². The highest BCUT2D eigenvalue weighted by Crippen LogP contribution is 2.26. The van der Waals surface area contributed by atoms with E-state index in [2.05, 4.69) is 15.5 Å². The molecule has 2 heterocycles. The van der Waals surface area contributed by atoms with Gasteiger partial charge in [0.2, 0.25) is 15.9 Å². The molecule has 0 saturated carbocycles. The molecule has 0 radical (unpaired) electrons. The van der Waals surface area contributed by atoms with Crippen molar-refractivity contribution in [3.63, 3.8) is 0 Å². The van der Waals surface area contributed by atoms with Crippen LogP contribution in [-0.2, 0) is 27.8 Å². The molecule has 1 fully saturated rings. The second-order valence-corrected chi connectivity index (χ2v) is 16.1. The summed E-state index contributed by atoms with van der Waals surface area (Å²) in [5.41, 5.74) is 3.19. The van der Waals surface area contributed by atoms with E-state index >= 15 is 0 Å². The third-order valence-electron chi connectivity index (χ3n) is 9.79. The standard InChI is InChI=1S/C40H50N6O6S/c1-5-29(4)38(46-22-21-44(40(46)49)26-32-19-20-41-35-14-10-9-13-34(32)35)39(48)43-36(23-30-11-7-6-8-12-30)37(47)27-45(25-28(2)3)53(51,52)33-17-15-31(16-18-33)24-42-50/h6-20,24,28-29,36-38,47,50H,5,21-23,25-27H2,1-4H3,(H,43,48)/b42-24+/t29-,36-,37+,38-/m0/s1. The lowest BCUT2D eigenvalue weighted by atomic mass is 9.95. The predicted molar refractivity (Wildman–Crippen MR) is 205 cm³/mol.